The molecule has 17 nitrogen and oxygen atoms in total. The SMILES string of the molecule is O=c1[nH]cnc2c1ncn2[C@@H]1O[C@H](COP(O)O[C@H]2O[C@@H](Oc3ccccc3CO)[C@H](O)[C@@H](O)[C@@H]2O)[C@@H](O)[C@H]1O. The molecular formula is C22H27N4O13P. The van der Waals surface area contributed by atoms with Crippen LogP contribution in [0.25, 0.3) is 11.2 Å². The van der Waals surface area contributed by atoms with Crippen molar-refractivity contribution < 1.29 is 58.8 Å². The van der Waals surface area contributed by atoms with Crippen molar-refractivity contribution in [1.82, 2.24) is 19.5 Å². The van der Waals surface area contributed by atoms with Crippen LogP contribution in [0.3, 0.4) is 0 Å². The fourth-order valence-electron chi connectivity index (χ4n) is 4.28. The van der Waals surface area contributed by atoms with Crippen molar-refractivity contribution in [3.63, 3.8) is 0 Å². The Hall–Kier alpha value is -2.64. The predicted molar refractivity (Wildman–Crippen MR) is 130 cm³/mol. The van der Waals surface area contributed by atoms with Gasteiger partial charge in [0.1, 0.15) is 42.4 Å². The second-order valence-electron chi connectivity index (χ2n) is 8.97. The van der Waals surface area contributed by atoms with Crippen LogP contribution in [0.4, 0.5) is 0 Å². The number of aliphatic hydroxyl groups is 6. The second-order valence-corrected chi connectivity index (χ2v) is 9.91. The summed E-state index contributed by atoms with van der Waals surface area (Å²) in [4.78, 5) is 32.5. The number of benzene rings is 1. The summed E-state index contributed by atoms with van der Waals surface area (Å²) in [6.07, 6.45) is -11.5. The van der Waals surface area contributed by atoms with E-state index in [2.05, 4.69) is 15.0 Å². The molecule has 0 aliphatic carbocycles. The van der Waals surface area contributed by atoms with E-state index in [0.29, 0.717) is 5.56 Å². The lowest BCUT2D eigenvalue weighted by molar-refractivity contribution is -0.315. The first-order chi connectivity index (χ1) is 19.2. The van der Waals surface area contributed by atoms with Crippen molar-refractivity contribution in [2.24, 2.45) is 0 Å². The number of aromatic amines is 1. The molecule has 40 heavy (non-hydrogen) atoms. The van der Waals surface area contributed by atoms with Crippen LogP contribution in [-0.4, -0.2) is 111 Å². The van der Waals surface area contributed by atoms with E-state index >= 15 is 0 Å². The molecule has 1 aromatic carbocycles. The van der Waals surface area contributed by atoms with E-state index < -0.39 is 76.2 Å². The minimum Gasteiger partial charge on any atom is -0.462 e. The number of hydrogen-bond acceptors (Lipinski definition) is 15. The van der Waals surface area contributed by atoms with E-state index in [9.17, 15) is 40.3 Å². The third-order valence-corrected chi connectivity index (χ3v) is 7.19. The van der Waals surface area contributed by atoms with E-state index in [1.807, 2.05) is 0 Å². The second kappa shape index (κ2) is 12.1. The molecule has 218 valence electrons. The average Bonchev–Trinajstić information content (AvgIpc) is 3.50. The minimum absolute atomic E-state index is 0.000229. The standard InChI is InChI=1S/C22H27N4O13P/c27-5-9-3-1-2-4-10(9)37-21-16(31)14(29)17(32)22(38-21)39-40(34)35-6-11-13(28)15(30)20(36-11)26-8-25-12-18(26)23-7-24-19(12)33/h1-4,7-8,11,13-17,20-22,27-32,34H,5-6H2,(H,23,24,33)/t11-,13-,14-,15-,16-,17+,20-,21-,22-,40?/m1/s1. The van der Waals surface area contributed by atoms with Crippen LogP contribution in [0.15, 0.2) is 41.7 Å². The van der Waals surface area contributed by atoms with Gasteiger partial charge in [0, 0.05) is 5.56 Å². The number of rotatable bonds is 9. The zero-order valence-corrected chi connectivity index (χ0v) is 21.3. The smallest absolute Gasteiger partial charge is 0.332 e. The molecule has 2 aliphatic rings. The van der Waals surface area contributed by atoms with Gasteiger partial charge in [-0.1, -0.05) is 18.2 Å². The Bertz CT molecular complexity index is 1360. The minimum atomic E-state index is -2.82. The molecule has 2 fully saturated rings. The number of nitrogens with zero attached hydrogens (tertiary/aromatic N) is 3. The van der Waals surface area contributed by atoms with Gasteiger partial charge < -0.3 is 59.3 Å². The maximum absolute atomic E-state index is 11.9. The Morgan fingerprint density at radius 3 is 2.50 bits per heavy atom. The molecule has 2 aliphatic heterocycles. The topological polar surface area (TPSA) is 251 Å². The van der Waals surface area contributed by atoms with Gasteiger partial charge in [0.15, 0.2) is 23.7 Å². The molecule has 2 aromatic heterocycles. The monoisotopic (exact) mass is 586 g/mol. The van der Waals surface area contributed by atoms with E-state index in [4.69, 9.17) is 23.3 Å². The van der Waals surface area contributed by atoms with E-state index in [1.165, 1.54) is 17.0 Å². The van der Waals surface area contributed by atoms with E-state index in [0.717, 1.165) is 6.33 Å². The van der Waals surface area contributed by atoms with Crippen molar-refractivity contribution in [2.75, 3.05) is 6.61 Å². The Balaban J connectivity index is 1.20. The Kier molecular flexibility index (Phi) is 8.72. The molecule has 18 heteroatoms. The average molecular weight is 586 g/mol. The maximum Gasteiger partial charge on any atom is 0.332 e. The highest BCUT2D eigenvalue weighted by atomic mass is 31.2. The molecule has 0 spiro atoms. The number of aliphatic hydroxyl groups excluding tert-OH is 6. The third-order valence-electron chi connectivity index (χ3n) is 6.43. The van der Waals surface area contributed by atoms with Crippen LogP contribution < -0.4 is 10.3 Å². The normalized spacial score (nSPS) is 33.3. The van der Waals surface area contributed by atoms with Crippen molar-refractivity contribution in [3.8, 4) is 5.75 Å². The molecule has 3 aromatic rings. The summed E-state index contributed by atoms with van der Waals surface area (Å²) in [5.41, 5.74) is -0.0297. The molecule has 5 rings (SSSR count). The first-order valence-corrected chi connectivity index (χ1v) is 13.1. The molecule has 8 N–H and O–H groups in total. The number of ether oxygens (including phenoxy) is 3. The molecule has 10 atom stereocenters. The van der Waals surface area contributed by atoms with Gasteiger partial charge in [0.25, 0.3) is 5.56 Å². The van der Waals surface area contributed by atoms with Crippen molar-refractivity contribution in [2.45, 2.75) is 62.0 Å². The van der Waals surface area contributed by atoms with Gasteiger partial charge in [-0.25, -0.2) is 9.97 Å². The van der Waals surface area contributed by atoms with Gasteiger partial charge >= 0.3 is 8.60 Å². The summed E-state index contributed by atoms with van der Waals surface area (Å²) in [5.74, 6) is 0.143. The molecular weight excluding hydrogens is 559 g/mol. The molecule has 0 bridgehead atoms. The Morgan fingerprint density at radius 1 is 0.975 bits per heavy atom. The number of fused-ring (bicyclic) bond motifs is 1. The Labute approximate surface area is 225 Å². The molecule has 0 radical (unpaired) electrons. The highest BCUT2D eigenvalue weighted by Crippen LogP contribution is 2.40. The Morgan fingerprint density at radius 2 is 1.73 bits per heavy atom. The summed E-state index contributed by atoms with van der Waals surface area (Å²) < 4.78 is 28.3. The molecule has 4 heterocycles. The van der Waals surface area contributed by atoms with Crippen LogP contribution in [0.1, 0.15) is 11.8 Å². The number of aromatic nitrogens is 4. The molecule has 1 unspecified atom stereocenters. The van der Waals surface area contributed by atoms with Crippen LogP contribution in [0.2, 0.25) is 0 Å². The molecule has 0 saturated carbocycles. The van der Waals surface area contributed by atoms with Crippen LogP contribution in [-0.2, 0) is 25.1 Å². The van der Waals surface area contributed by atoms with Gasteiger partial charge in [0.2, 0.25) is 6.29 Å². The first kappa shape index (κ1) is 28.9. The number of para-hydroxylation sites is 1. The first-order valence-electron chi connectivity index (χ1n) is 11.9. The fraction of sp³-hybridized carbons (Fsp3) is 0.500. The van der Waals surface area contributed by atoms with Gasteiger partial charge in [-0.2, -0.15) is 0 Å². The molecule has 0 amide bonds. The number of nitrogens with one attached hydrogen (secondary N) is 1. The van der Waals surface area contributed by atoms with Gasteiger partial charge in [0.05, 0.1) is 25.9 Å². The highest BCUT2D eigenvalue weighted by Gasteiger charge is 2.48. The third kappa shape index (κ3) is 5.60. The summed E-state index contributed by atoms with van der Waals surface area (Å²) in [7, 11) is -2.82. The zero-order chi connectivity index (χ0) is 28.6. The van der Waals surface area contributed by atoms with Gasteiger partial charge in [-0.3, -0.25) is 13.9 Å². The van der Waals surface area contributed by atoms with Crippen LogP contribution in [0, 0.1) is 0 Å². The number of H-pyrrole nitrogens is 1. The van der Waals surface area contributed by atoms with Crippen LogP contribution in [0.5, 0.6) is 5.75 Å². The predicted octanol–water partition coefficient (Wildman–Crippen LogP) is -2.67. The largest absolute Gasteiger partial charge is 0.462 e. The summed E-state index contributed by atoms with van der Waals surface area (Å²) in [5, 5.41) is 61.3. The van der Waals surface area contributed by atoms with Gasteiger partial charge in [-0.15, -0.1) is 0 Å². The maximum atomic E-state index is 11.9. The van der Waals surface area contributed by atoms with E-state index in [-0.39, 0.29) is 23.5 Å². The highest BCUT2D eigenvalue weighted by molar-refractivity contribution is 7.40. The van der Waals surface area contributed by atoms with Crippen LogP contribution >= 0.6 is 8.60 Å². The van der Waals surface area contributed by atoms with Crippen molar-refractivity contribution >= 4 is 19.8 Å². The number of imidazole rings is 1. The quantitative estimate of drug-likeness (QED) is 0.119. The summed E-state index contributed by atoms with van der Waals surface area (Å²) in [6, 6.07) is 6.32. The molecule has 2 saturated heterocycles. The van der Waals surface area contributed by atoms with Crippen molar-refractivity contribution in [3.05, 3.63) is 52.8 Å². The summed E-state index contributed by atoms with van der Waals surface area (Å²) in [6.45, 7) is -0.869. The van der Waals surface area contributed by atoms with E-state index in [1.54, 1.807) is 18.2 Å². The summed E-state index contributed by atoms with van der Waals surface area (Å²) >= 11 is 0. The van der Waals surface area contributed by atoms with Gasteiger partial charge in [-0.05, 0) is 6.07 Å². The lowest BCUT2D eigenvalue weighted by atomic mass is 10.0. The number of hydrogen-bond donors (Lipinski definition) is 8. The fourth-order valence-corrected chi connectivity index (χ4v) is 4.97. The zero-order valence-electron chi connectivity index (χ0n) is 20.4. The lowest BCUT2D eigenvalue weighted by Gasteiger charge is -2.40. The lowest BCUT2D eigenvalue weighted by Crippen LogP contribution is -2.59. The van der Waals surface area contributed by atoms with Crippen molar-refractivity contribution in [1.29, 1.82) is 0 Å².